The van der Waals surface area contributed by atoms with Crippen LogP contribution in [0.2, 0.25) is 0 Å². The molecule has 1 aliphatic rings. The number of hydrogen-bond acceptors (Lipinski definition) is 0. The Morgan fingerprint density at radius 1 is 1.00 bits per heavy atom. The van der Waals surface area contributed by atoms with Crippen LogP contribution in [0.25, 0.3) is 0 Å². The normalized spacial score (nSPS) is 15.6. The zero-order valence-corrected chi connectivity index (χ0v) is 8.63. The maximum absolute atomic E-state index is 13.3. The van der Waals surface area contributed by atoms with Crippen LogP contribution in [0.4, 0.5) is 8.78 Å². The van der Waals surface area contributed by atoms with Gasteiger partial charge in [0, 0.05) is 6.07 Å². The Bertz CT molecular complexity index is 347. The fourth-order valence-electron chi connectivity index (χ4n) is 1.82. The first kappa shape index (κ1) is 9.13. The molecule has 0 atom stereocenters. The van der Waals surface area contributed by atoms with Crippen LogP contribution in [0.3, 0.4) is 0 Å². The number of fused-ring (bicyclic) bond motifs is 1. The maximum atomic E-state index is 13.3. The smallest absolute Gasteiger partial charge is 0.140 e. The molecule has 70 valence electrons. The summed E-state index contributed by atoms with van der Waals surface area (Å²) in [6, 6.07) is 0.967. The molecule has 0 bridgehead atoms. The second kappa shape index (κ2) is 3.37. The van der Waals surface area contributed by atoms with Crippen LogP contribution in [0.5, 0.6) is 0 Å². The van der Waals surface area contributed by atoms with Crippen molar-refractivity contribution in [2.24, 2.45) is 0 Å². The van der Waals surface area contributed by atoms with Gasteiger partial charge < -0.3 is 0 Å². The molecule has 0 aromatic heterocycles. The summed E-state index contributed by atoms with van der Waals surface area (Å²) in [5.74, 6) is -0.881. The Morgan fingerprint density at radius 3 is 2.31 bits per heavy atom. The lowest BCUT2D eigenvalue weighted by molar-refractivity contribution is 0.543. The first-order valence-corrected chi connectivity index (χ1v) is 5.14. The molecule has 0 aliphatic heterocycles. The summed E-state index contributed by atoms with van der Waals surface area (Å²) in [6.45, 7) is 0. The molecule has 0 fully saturated rings. The van der Waals surface area contributed by atoms with Crippen LogP contribution in [0.15, 0.2) is 10.5 Å². The molecular weight excluding hydrogens is 238 g/mol. The van der Waals surface area contributed by atoms with E-state index in [-0.39, 0.29) is 0 Å². The number of halogens is 3. The van der Waals surface area contributed by atoms with Crippen molar-refractivity contribution in [2.75, 3.05) is 0 Å². The van der Waals surface area contributed by atoms with Crippen molar-refractivity contribution < 1.29 is 8.78 Å². The average Bonchev–Trinajstić information content (AvgIpc) is 2.15. The van der Waals surface area contributed by atoms with Gasteiger partial charge in [0.1, 0.15) is 11.6 Å². The van der Waals surface area contributed by atoms with E-state index in [9.17, 15) is 8.78 Å². The summed E-state index contributed by atoms with van der Waals surface area (Å²) >= 11 is 3.16. The van der Waals surface area contributed by atoms with Gasteiger partial charge in [-0.3, -0.25) is 0 Å². The molecule has 13 heavy (non-hydrogen) atoms. The van der Waals surface area contributed by atoms with E-state index in [1.165, 1.54) is 0 Å². The zero-order chi connectivity index (χ0) is 9.42. The third kappa shape index (κ3) is 1.50. The summed E-state index contributed by atoms with van der Waals surface area (Å²) < 4.78 is 26.8. The second-order valence-corrected chi connectivity index (χ2v) is 4.11. The summed E-state index contributed by atoms with van der Waals surface area (Å²) in [5, 5.41) is 0. The Balaban J connectivity index is 2.63. The van der Waals surface area contributed by atoms with Gasteiger partial charge in [0.2, 0.25) is 0 Å². The second-order valence-electron chi connectivity index (χ2n) is 3.32. The van der Waals surface area contributed by atoms with Crippen molar-refractivity contribution in [3.8, 4) is 0 Å². The van der Waals surface area contributed by atoms with Crippen LogP contribution in [0.1, 0.15) is 24.0 Å². The molecule has 0 saturated carbocycles. The lowest BCUT2D eigenvalue weighted by atomic mass is 9.91. The van der Waals surface area contributed by atoms with Crippen LogP contribution < -0.4 is 0 Å². The zero-order valence-electron chi connectivity index (χ0n) is 7.04. The summed E-state index contributed by atoms with van der Waals surface area (Å²) in [4.78, 5) is 0. The van der Waals surface area contributed by atoms with E-state index >= 15 is 0 Å². The van der Waals surface area contributed by atoms with Gasteiger partial charge in [-0.2, -0.15) is 0 Å². The Labute approximate surface area is 84.1 Å². The minimum absolute atomic E-state index is 0.393. The highest BCUT2D eigenvalue weighted by Crippen LogP contribution is 2.32. The molecule has 0 nitrogen and oxygen atoms in total. The molecule has 3 heteroatoms. The van der Waals surface area contributed by atoms with E-state index < -0.39 is 11.6 Å². The van der Waals surface area contributed by atoms with Crippen molar-refractivity contribution in [3.63, 3.8) is 0 Å². The fraction of sp³-hybridized carbons (Fsp3) is 0.400. The van der Waals surface area contributed by atoms with E-state index in [4.69, 9.17) is 0 Å². The molecule has 0 unspecified atom stereocenters. The van der Waals surface area contributed by atoms with Crippen LogP contribution >= 0.6 is 15.9 Å². The minimum Gasteiger partial charge on any atom is -0.207 e. The monoisotopic (exact) mass is 246 g/mol. The van der Waals surface area contributed by atoms with Crippen molar-refractivity contribution in [3.05, 3.63) is 33.3 Å². The molecule has 0 radical (unpaired) electrons. The predicted octanol–water partition coefficient (Wildman–Crippen LogP) is 3.61. The van der Waals surface area contributed by atoms with E-state index in [2.05, 4.69) is 15.9 Å². The van der Waals surface area contributed by atoms with Crippen molar-refractivity contribution in [1.82, 2.24) is 0 Å². The highest BCUT2D eigenvalue weighted by atomic mass is 79.9. The standard InChI is InChI=1S/C10H9BrF2/c11-10-7-4-2-1-3-6(7)8(12)5-9(10)13/h5H,1-4H2. The highest BCUT2D eigenvalue weighted by molar-refractivity contribution is 9.10. The molecule has 1 aliphatic carbocycles. The molecule has 0 amide bonds. The third-order valence-corrected chi connectivity index (χ3v) is 3.34. The largest absolute Gasteiger partial charge is 0.207 e. The van der Waals surface area contributed by atoms with Gasteiger partial charge in [0.25, 0.3) is 0 Å². The van der Waals surface area contributed by atoms with Gasteiger partial charge in [-0.15, -0.1) is 0 Å². The molecule has 1 aromatic carbocycles. The number of rotatable bonds is 0. The van der Waals surface area contributed by atoms with Gasteiger partial charge in [0.05, 0.1) is 4.47 Å². The first-order valence-electron chi connectivity index (χ1n) is 4.35. The SMILES string of the molecule is Fc1cc(F)c2c(c1Br)CCCC2. The predicted molar refractivity (Wildman–Crippen MR) is 50.7 cm³/mol. The Hall–Kier alpha value is -0.440. The maximum Gasteiger partial charge on any atom is 0.140 e. The lowest BCUT2D eigenvalue weighted by Gasteiger charge is -2.17. The van der Waals surface area contributed by atoms with Gasteiger partial charge in [-0.1, -0.05) is 0 Å². The van der Waals surface area contributed by atoms with Gasteiger partial charge in [-0.25, -0.2) is 8.78 Å². The van der Waals surface area contributed by atoms with Gasteiger partial charge in [-0.05, 0) is 52.7 Å². The quantitative estimate of drug-likeness (QED) is 0.614. The highest BCUT2D eigenvalue weighted by Gasteiger charge is 2.19. The molecule has 0 spiro atoms. The third-order valence-electron chi connectivity index (χ3n) is 2.48. The van der Waals surface area contributed by atoms with Crippen molar-refractivity contribution >= 4 is 15.9 Å². The first-order chi connectivity index (χ1) is 6.20. The fourth-order valence-corrected chi connectivity index (χ4v) is 2.37. The number of hydrogen-bond donors (Lipinski definition) is 0. The van der Waals surface area contributed by atoms with E-state index in [0.29, 0.717) is 10.0 Å². The Morgan fingerprint density at radius 2 is 1.62 bits per heavy atom. The van der Waals surface area contributed by atoms with E-state index in [1.54, 1.807) is 0 Å². The Kier molecular flexibility index (Phi) is 2.37. The molecule has 0 N–H and O–H groups in total. The summed E-state index contributed by atoms with van der Waals surface area (Å²) in [7, 11) is 0. The van der Waals surface area contributed by atoms with Gasteiger partial charge >= 0.3 is 0 Å². The molecule has 0 saturated heterocycles. The molecule has 0 heterocycles. The van der Waals surface area contributed by atoms with Crippen LogP contribution in [-0.2, 0) is 12.8 Å². The van der Waals surface area contributed by atoms with Crippen LogP contribution in [0, 0.1) is 11.6 Å². The topological polar surface area (TPSA) is 0 Å². The molecule has 2 rings (SSSR count). The average molecular weight is 247 g/mol. The van der Waals surface area contributed by atoms with E-state index in [0.717, 1.165) is 37.3 Å². The van der Waals surface area contributed by atoms with Crippen LogP contribution in [-0.4, -0.2) is 0 Å². The summed E-state index contributed by atoms with van der Waals surface area (Å²) in [6.07, 6.45) is 3.54. The van der Waals surface area contributed by atoms with Crippen molar-refractivity contribution in [2.45, 2.75) is 25.7 Å². The lowest BCUT2D eigenvalue weighted by Crippen LogP contribution is -2.07. The summed E-state index contributed by atoms with van der Waals surface area (Å²) in [5.41, 5.74) is 1.52. The van der Waals surface area contributed by atoms with Crippen molar-refractivity contribution in [1.29, 1.82) is 0 Å². The van der Waals surface area contributed by atoms with E-state index in [1.807, 2.05) is 0 Å². The molecular formula is C10H9BrF2. The molecule has 1 aromatic rings. The van der Waals surface area contributed by atoms with Gasteiger partial charge in [0.15, 0.2) is 0 Å². The minimum atomic E-state index is -0.488. The number of benzene rings is 1.